The van der Waals surface area contributed by atoms with Crippen LogP contribution < -0.4 is 0 Å². The number of rotatable bonds is 8. The van der Waals surface area contributed by atoms with Crippen LogP contribution in [0.5, 0.6) is 0 Å². The normalized spacial score (nSPS) is 10.8. The largest absolute Gasteiger partial charge is 0.461 e. The molecule has 106 valence electrons. The van der Waals surface area contributed by atoms with Gasteiger partial charge in [0.1, 0.15) is 13.2 Å². The zero-order chi connectivity index (χ0) is 14.4. The molecule has 7 nitrogen and oxygen atoms in total. The number of hydrogen-bond donors (Lipinski definition) is 0. The molecule has 0 radical (unpaired) electrons. The van der Waals surface area contributed by atoms with Crippen LogP contribution in [0.4, 0.5) is 0 Å². The molecule has 0 spiro atoms. The molecule has 0 aliphatic carbocycles. The highest BCUT2D eigenvalue weighted by molar-refractivity contribution is 7.33. The Labute approximate surface area is 114 Å². The quantitative estimate of drug-likeness (QED) is 0.545. The van der Waals surface area contributed by atoms with Gasteiger partial charge in [0.15, 0.2) is 11.5 Å². The Morgan fingerprint density at radius 2 is 1.40 bits per heavy atom. The summed E-state index contributed by atoms with van der Waals surface area (Å²) in [5.74, 6) is -0.721. The van der Waals surface area contributed by atoms with Crippen molar-refractivity contribution in [2.75, 3.05) is 13.2 Å². The second-order valence-corrected chi connectivity index (χ2v) is 4.71. The summed E-state index contributed by atoms with van der Waals surface area (Å²) >= 11 is 0. The molecule has 0 atom stereocenters. The number of furan rings is 2. The molecule has 0 unspecified atom stereocenters. The maximum absolute atomic E-state index is 11.5. The van der Waals surface area contributed by atoms with Gasteiger partial charge in [-0.05, 0) is 24.3 Å². The van der Waals surface area contributed by atoms with Crippen LogP contribution in [0, 0.1) is 0 Å². The number of ketones is 2. The Kier molecular flexibility index (Phi) is 5.06. The lowest BCUT2D eigenvalue weighted by Gasteiger charge is -2.03. The second-order valence-electron chi connectivity index (χ2n) is 3.63. The summed E-state index contributed by atoms with van der Waals surface area (Å²) < 4.78 is 30.5. The van der Waals surface area contributed by atoms with E-state index >= 15 is 0 Å². The van der Waals surface area contributed by atoms with Crippen LogP contribution in [0.15, 0.2) is 45.6 Å². The Balaban J connectivity index is 1.71. The first-order valence-corrected chi connectivity index (χ1v) is 6.82. The van der Waals surface area contributed by atoms with Crippen LogP contribution in [-0.4, -0.2) is 24.8 Å². The van der Waals surface area contributed by atoms with Crippen molar-refractivity contribution in [1.82, 2.24) is 0 Å². The van der Waals surface area contributed by atoms with Crippen molar-refractivity contribution in [2.45, 2.75) is 0 Å². The van der Waals surface area contributed by atoms with E-state index in [-0.39, 0.29) is 11.5 Å². The van der Waals surface area contributed by atoms with Crippen LogP contribution in [-0.2, 0) is 13.6 Å². The lowest BCUT2D eigenvalue weighted by atomic mass is 10.3. The van der Waals surface area contributed by atoms with Crippen LogP contribution in [0.2, 0.25) is 0 Å². The summed E-state index contributed by atoms with van der Waals surface area (Å²) in [6.07, 6.45) is 2.68. The molecule has 20 heavy (non-hydrogen) atoms. The van der Waals surface area contributed by atoms with Gasteiger partial charge < -0.3 is 17.9 Å². The van der Waals surface area contributed by atoms with Crippen molar-refractivity contribution in [3.05, 3.63) is 48.3 Å². The molecular formula is C12H11O7P. The van der Waals surface area contributed by atoms with Gasteiger partial charge in [-0.1, -0.05) is 0 Å². The summed E-state index contributed by atoms with van der Waals surface area (Å²) in [6.45, 7) is -0.888. The first kappa shape index (κ1) is 14.5. The summed E-state index contributed by atoms with van der Waals surface area (Å²) in [7, 11) is -2.94. The molecule has 0 amide bonds. The zero-order valence-electron chi connectivity index (χ0n) is 10.2. The molecule has 2 rings (SSSR count). The van der Waals surface area contributed by atoms with E-state index in [2.05, 4.69) is 0 Å². The molecule has 2 heterocycles. The second kappa shape index (κ2) is 7.00. The van der Waals surface area contributed by atoms with E-state index in [9.17, 15) is 14.2 Å². The molecule has 0 saturated carbocycles. The first-order valence-electron chi connectivity index (χ1n) is 5.60. The van der Waals surface area contributed by atoms with Gasteiger partial charge in [-0.3, -0.25) is 14.2 Å². The third-order valence-electron chi connectivity index (χ3n) is 2.23. The van der Waals surface area contributed by atoms with Gasteiger partial charge in [-0.2, -0.15) is 0 Å². The highest BCUT2D eigenvalue weighted by Crippen LogP contribution is 2.24. The monoisotopic (exact) mass is 298 g/mol. The van der Waals surface area contributed by atoms with Gasteiger partial charge in [0.25, 0.3) is 0 Å². The van der Waals surface area contributed by atoms with E-state index in [1.54, 1.807) is 12.1 Å². The summed E-state index contributed by atoms with van der Waals surface area (Å²) in [6, 6.07) is 6.03. The number of Topliss-reactive ketones (excluding diaryl/α,β-unsaturated/α-hetero) is 2. The van der Waals surface area contributed by atoms with E-state index in [1.165, 1.54) is 24.7 Å². The number of carbonyl (C=O) groups is 2. The number of hydrogen-bond acceptors (Lipinski definition) is 7. The lowest BCUT2D eigenvalue weighted by Crippen LogP contribution is -2.08. The van der Waals surface area contributed by atoms with Gasteiger partial charge in [0, 0.05) is 0 Å². The average molecular weight is 298 g/mol. The van der Waals surface area contributed by atoms with Crippen molar-refractivity contribution in [3.8, 4) is 0 Å². The van der Waals surface area contributed by atoms with Gasteiger partial charge in [0.2, 0.25) is 11.6 Å². The predicted octanol–water partition coefficient (Wildman–Crippen LogP) is 2.36. The molecule has 0 aliphatic rings. The van der Waals surface area contributed by atoms with Crippen molar-refractivity contribution in [3.63, 3.8) is 0 Å². The van der Waals surface area contributed by atoms with Gasteiger partial charge >= 0.3 is 8.25 Å². The Hall–Kier alpha value is -1.95. The molecule has 0 bridgehead atoms. The maximum atomic E-state index is 11.5. The van der Waals surface area contributed by atoms with Gasteiger partial charge in [-0.25, -0.2) is 0 Å². The smallest absolute Gasteiger partial charge is 0.320 e. The van der Waals surface area contributed by atoms with Crippen LogP contribution >= 0.6 is 8.25 Å². The molecule has 0 N–H and O–H groups in total. The van der Waals surface area contributed by atoms with Crippen molar-refractivity contribution < 1.29 is 32.0 Å². The molecule has 0 aliphatic heterocycles. The van der Waals surface area contributed by atoms with E-state index in [0.29, 0.717) is 0 Å². The minimum absolute atomic E-state index is 0.103. The third kappa shape index (κ3) is 4.03. The molecule has 0 saturated heterocycles. The summed E-state index contributed by atoms with van der Waals surface area (Å²) in [4.78, 5) is 22.9. The molecule has 0 fully saturated rings. The van der Waals surface area contributed by atoms with Crippen LogP contribution in [0.25, 0.3) is 0 Å². The predicted molar refractivity (Wildman–Crippen MR) is 67.0 cm³/mol. The zero-order valence-corrected chi connectivity index (χ0v) is 11.2. The Morgan fingerprint density at radius 3 is 1.75 bits per heavy atom. The van der Waals surface area contributed by atoms with Crippen molar-refractivity contribution in [1.29, 1.82) is 0 Å². The fourth-order valence-electron chi connectivity index (χ4n) is 1.31. The third-order valence-corrected chi connectivity index (χ3v) is 2.99. The first-order chi connectivity index (χ1) is 9.66. The molecule has 8 heteroatoms. The van der Waals surface area contributed by atoms with E-state index in [1.807, 2.05) is 0 Å². The highest BCUT2D eigenvalue weighted by atomic mass is 31.1. The SMILES string of the molecule is O=C(CO[PH](=O)OCC(=O)c1ccco1)c1ccco1. The number of carbonyl (C=O) groups excluding carboxylic acids is 2. The summed E-state index contributed by atoms with van der Waals surface area (Å²) in [5.41, 5.74) is 0. The topological polar surface area (TPSA) is 96.0 Å². The lowest BCUT2D eigenvalue weighted by molar-refractivity contribution is 0.0849. The summed E-state index contributed by atoms with van der Waals surface area (Å²) in [5, 5.41) is 0. The fraction of sp³-hybridized carbons (Fsp3) is 0.167. The Bertz CT molecular complexity index is 533. The van der Waals surface area contributed by atoms with E-state index in [4.69, 9.17) is 17.9 Å². The van der Waals surface area contributed by atoms with E-state index < -0.39 is 33.0 Å². The maximum Gasteiger partial charge on any atom is 0.320 e. The Morgan fingerprint density at radius 1 is 0.950 bits per heavy atom. The average Bonchev–Trinajstić information content (AvgIpc) is 3.14. The molecule has 0 aromatic carbocycles. The van der Waals surface area contributed by atoms with E-state index in [0.717, 1.165) is 0 Å². The van der Waals surface area contributed by atoms with Gasteiger partial charge in [-0.15, -0.1) is 0 Å². The van der Waals surface area contributed by atoms with Crippen molar-refractivity contribution >= 4 is 19.8 Å². The fourth-order valence-corrected chi connectivity index (χ4v) is 1.89. The minimum Gasteiger partial charge on any atom is -0.461 e. The molecule has 2 aromatic heterocycles. The van der Waals surface area contributed by atoms with Gasteiger partial charge in [0.05, 0.1) is 12.5 Å². The minimum atomic E-state index is -2.94. The highest BCUT2D eigenvalue weighted by Gasteiger charge is 2.14. The molecule has 2 aromatic rings. The van der Waals surface area contributed by atoms with Crippen LogP contribution in [0.1, 0.15) is 21.1 Å². The molecular weight excluding hydrogens is 287 g/mol. The van der Waals surface area contributed by atoms with Crippen LogP contribution in [0.3, 0.4) is 0 Å². The van der Waals surface area contributed by atoms with Crippen molar-refractivity contribution in [2.24, 2.45) is 0 Å². The standard InChI is InChI=1S/C12H11O7P/c13-9(11-3-1-5-16-11)7-18-20(15)19-8-10(14)12-4-2-6-17-12/h1-6,20H,7-8H2.